The molecule has 1 amide bonds. The van der Waals surface area contributed by atoms with E-state index in [1.807, 2.05) is 19.1 Å². The zero-order valence-corrected chi connectivity index (χ0v) is 13.2. The van der Waals surface area contributed by atoms with Gasteiger partial charge >= 0.3 is 0 Å². The standard InChI is InChI=1S/C17H28N2O/c1-5-15-8-6-7-13(4)17(15)19-16(20)10-14(11-18)9-12(2)3/h6-8,12,14H,5,9-11,18H2,1-4H3,(H,19,20). The molecule has 0 fully saturated rings. The molecule has 1 aromatic carbocycles. The molecule has 0 aliphatic rings. The van der Waals surface area contributed by atoms with Gasteiger partial charge in [0, 0.05) is 12.1 Å². The fraction of sp³-hybridized carbons (Fsp3) is 0.588. The number of carbonyl (C=O) groups excluding carboxylic acids is 1. The fourth-order valence-electron chi connectivity index (χ4n) is 2.58. The second-order valence-electron chi connectivity index (χ2n) is 5.95. The average molecular weight is 276 g/mol. The van der Waals surface area contributed by atoms with Gasteiger partial charge < -0.3 is 11.1 Å². The molecule has 0 saturated carbocycles. The van der Waals surface area contributed by atoms with Crippen LogP contribution in [0.15, 0.2) is 18.2 Å². The maximum absolute atomic E-state index is 12.2. The molecule has 0 aliphatic carbocycles. The number of para-hydroxylation sites is 1. The molecule has 1 unspecified atom stereocenters. The first kappa shape index (κ1) is 16.7. The summed E-state index contributed by atoms with van der Waals surface area (Å²) in [6.07, 6.45) is 2.42. The van der Waals surface area contributed by atoms with E-state index in [1.54, 1.807) is 0 Å². The van der Waals surface area contributed by atoms with E-state index in [2.05, 4.69) is 32.2 Å². The van der Waals surface area contributed by atoms with E-state index < -0.39 is 0 Å². The van der Waals surface area contributed by atoms with Crippen LogP contribution in [0.5, 0.6) is 0 Å². The van der Waals surface area contributed by atoms with Crippen LogP contribution in [-0.2, 0) is 11.2 Å². The smallest absolute Gasteiger partial charge is 0.224 e. The lowest BCUT2D eigenvalue weighted by Crippen LogP contribution is -2.24. The molecule has 0 bridgehead atoms. The Bertz CT molecular complexity index is 441. The number of hydrogen-bond donors (Lipinski definition) is 2. The third-order valence-electron chi connectivity index (χ3n) is 3.62. The number of hydrogen-bond acceptors (Lipinski definition) is 2. The van der Waals surface area contributed by atoms with Crippen LogP contribution in [0.25, 0.3) is 0 Å². The minimum Gasteiger partial charge on any atom is -0.330 e. The number of nitrogens with one attached hydrogen (secondary N) is 1. The highest BCUT2D eigenvalue weighted by molar-refractivity contribution is 5.92. The van der Waals surface area contributed by atoms with Crippen LogP contribution in [0.4, 0.5) is 5.69 Å². The van der Waals surface area contributed by atoms with Gasteiger partial charge in [0.25, 0.3) is 0 Å². The van der Waals surface area contributed by atoms with E-state index in [-0.39, 0.29) is 11.8 Å². The molecular weight excluding hydrogens is 248 g/mol. The lowest BCUT2D eigenvalue weighted by atomic mass is 9.94. The highest BCUT2D eigenvalue weighted by atomic mass is 16.1. The Morgan fingerprint density at radius 1 is 1.35 bits per heavy atom. The summed E-state index contributed by atoms with van der Waals surface area (Å²) in [5.41, 5.74) is 9.04. The number of nitrogens with two attached hydrogens (primary N) is 1. The fourth-order valence-corrected chi connectivity index (χ4v) is 2.58. The Labute approximate surface area is 122 Å². The lowest BCUT2D eigenvalue weighted by Gasteiger charge is -2.18. The summed E-state index contributed by atoms with van der Waals surface area (Å²) in [5, 5.41) is 3.07. The first-order chi connectivity index (χ1) is 9.47. The normalized spacial score (nSPS) is 12.5. The first-order valence-corrected chi connectivity index (χ1v) is 7.56. The number of aryl methyl sites for hydroxylation is 2. The number of carbonyl (C=O) groups is 1. The summed E-state index contributed by atoms with van der Waals surface area (Å²) in [6.45, 7) is 9.03. The van der Waals surface area contributed by atoms with Gasteiger partial charge in [0.1, 0.15) is 0 Å². The molecule has 1 atom stereocenters. The zero-order chi connectivity index (χ0) is 15.1. The molecule has 0 radical (unpaired) electrons. The molecule has 112 valence electrons. The van der Waals surface area contributed by atoms with E-state index in [4.69, 9.17) is 5.73 Å². The van der Waals surface area contributed by atoms with Crippen molar-refractivity contribution in [2.75, 3.05) is 11.9 Å². The molecule has 3 nitrogen and oxygen atoms in total. The molecule has 3 N–H and O–H groups in total. The van der Waals surface area contributed by atoms with Crippen LogP contribution in [-0.4, -0.2) is 12.5 Å². The summed E-state index contributed by atoms with van der Waals surface area (Å²) < 4.78 is 0. The molecule has 0 aromatic heterocycles. The third-order valence-corrected chi connectivity index (χ3v) is 3.62. The highest BCUT2D eigenvalue weighted by Gasteiger charge is 2.15. The van der Waals surface area contributed by atoms with E-state index in [0.717, 1.165) is 24.1 Å². The molecule has 0 saturated heterocycles. The quantitative estimate of drug-likeness (QED) is 0.800. The molecule has 0 aliphatic heterocycles. The summed E-state index contributed by atoms with van der Waals surface area (Å²) in [5.74, 6) is 0.912. The van der Waals surface area contributed by atoms with Crippen molar-refractivity contribution >= 4 is 11.6 Å². The van der Waals surface area contributed by atoms with Gasteiger partial charge in [-0.2, -0.15) is 0 Å². The van der Waals surface area contributed by atoms with E-state index in [0.29, 0.717) is 18.9 Å². The molecule has 3 heteroatoms. The molecule has 0 spiro atoms. The summed E-state index contributed by atoms with van der Waals surface area (Å²) >= 11 is 0. The molecule has 0 heterocycles. The SMILES string of the molecule is CCc1cccc(C)c1NC(=O)CC(CN)CC(C)C. The highest BCUT2D eigenvalue weighted by Crippen LogP contribution is 2.22. The molecule has 1 rings (SSSR count). The minimum absolute atomic E-state index is 0.0742. The van der Waals surface area contributed by atoms with Crippen molar-refractivity contribution in [3.63, 3.8) is 0 Å². The predicted molar refractivity (Wildman–Crippen MR) is 85.8 cm³/mol. The van der Waals surface area contributed by atoms with Gasteiger partial charge in [0.05, 0.1) is 0 Å². The van der Waals surface area contributed by atoms with Crippen LogP contribution in [0.2, 0.25) is 0 Å². The van der Waals surface area contributed by atoms with Gasteiger partial charge in [-0.3, -0.25) is 4.79 Å². The molecule has 20 heavy (non-hydrogen) atoms. The van der Waals surface area contributed by atoms with Crippen molar-refractivity contribution < 1.29 is 4.79 Å². The van der Waals surface area contributed by atoms with E-state index in [1.165, 1.54) is 5.56 Å². The number of benzene rings is 1. The van der Waals surface area contributed by atoms with Crippen LogP contribution < -0.4 is 11.1 Å². The van der Waals surface area contributed by atoms with Crippen molar-refractivity contribution in [2.24, 2.45) is 17.6 Å². The van der Waals surface area contributed by atoms with Crippen LogP contribution in [0, 0.1) is 18.8 Å². The Morgan fingerprint density at radius 3 is 2.60 bits per heavy atom. The number of amides is 1. The summed E-state index contributed by atoms with van der Waals surface area (Å²) in [6, 6.07) is 6.13. The van der Waals surface area contributed by atoms with Gasteiger partial charge in [-0.1, -0.05) is 39.0 Å². The van der Waals surface area contributed by atoms with Gasteiger partial charge in [-0.05, 0) is 49.3 Å². The van der Waals surface area contributed by atoms with Gasteiger partial charge in [0.15, 0.2) is 0 Å². The first-order valence-electron chi connectivity index (χ1n) is 7.56. The van der Waals surface area contributed by atoms with E-state index >= 15 is 0 Å². The minimum atomic E-state index is 0.0742. The Balaban J connectivity index is 2.71. The monoisotopic (exact) mass is 276 g/mol. The second kappa shape index (κ2) is 8.05. The van der Waals surface area contributed by atoms with Gasteiger partial charge in [-0.15, -0.1) is 0 Å². The van der Waals surface area contributed by atoms with Crippen LogP contribution in [0.3, 0.4) is 0 Å². The molecule has 1 aromatic rings. The topological polar surface area (TPSA) is 55.1 Å². The summed E-state index contributed by atoms with van der Waals surface area (Å²) in [7, 11) is 0. The van der Waals surface area contributed by atoms with E-state index in [9.17, 15) is 4.79 Å². The van der Waals surface area contributed by atoms with Crippen molar-refractivity contribution in [3.05, 3.63) is 29.3 Å². The second-order valence-corrected chi connectivity index (χ2v) is 5.95. The van der Waals surface area contributed by atoms with Crippen molar-refractivity contribution in [2.45, 2.75) is 47.0 Å². The van der Waals surface area contributed by atoms with Crippen LogP contribution >= 0.6 is 0 Å². The third kappa shape index (κ3) is 4.97. The van der Waals surface area contributed by atoms with Crippen molar-refractivity contribution in [1.29, 1.82) is 0 Å². The Hall–Kier alpha value is -1.35. The number of rotatable bonds is 7. The maximum atomic E-state index is 12.2. The lowest BCUT2D eigenvalue weighted by molar-refractivity contribution is -0.117. The largest absolute Gasteiger partial charge is 0.330 e. The van der Waals surface area contributed by atoms with Gasteiger partial charge in [-0.25, -0.2) is 0 Å². The van der Waals surface area contributed by atoms with Crippen LogP contribution in [0.1, 0.15) is 44.7 Å². The maximum Gasteiger partial charge on any atom is 0.224 e. The molecular formula is C17H28N2O. The average Bonchev–Trinajstić information content (AvgIpc) is 2.39. The number of anilines is 1. The Morgan fingerprint density at radius 2 is 2.05 bits per heavy atom. The predicted octanol–water partition coefficient (Wildman–Crippen LogP) is 3.51. The van der Waals surface area contributed by atoms with Crippen molar-refractivity contribution in [1.82, 2.24) is 0 Å². The van der Waals surface area contributed by atoms with Gasteiger partial charge in [0.2, 0.25) is 5.91 Å². The van der Waals surface area contributed by atoms with Crippen molar-refractivity contribution in [3.8, 4) is 0 Å². The zero-order valence-electron chi connectivity index (χ0n) is 13.2. The Kier molecular flexibility index (Phi) is 6.73. The summed E-state index contributed by atoms with van der Waals surface area (Å²) in [4.78, 5) is 12.2.